The van der Waals surface area contributed by atoms with Crippen molar-refractivity contribution >= 4 is 12.2 Å². The normalized spacial score (nSPS) is 10.0. The van der Waals surface area contributed by atoms with E-state index in [-0.39, 0.29) is 22.8 Å². The molecule has 6 heteroatoms. The van der Waals surface area contributed by atoms with E-state index in [1.165, 1.54) is 0 Å². The summed E-state index contributed by atoms with van der Waals surface area (Å²) in [4.78, 5) is 15.2. The fourth-order valence-corrected chi connectivity index (χ4v) is 1.50. The summed E-state index contributed by atoms with van der Waals surface area (Å²) < 4.78 is 0. The molecule has 0 heterocycles. The van der Waals surface area contributed by atoms with E-state index in [2.05, 4.69) is 9.89 Å². The molecule has 0 spiro atoms. The van der Waals surface area contributed by atoms with Gasteiger partial charge in [0.15, 0.2) is 0 Å². The number of likely N-dealkylation sites (N-methyl/N-ethyl adjacent to an activating group) is 1. The fraction of sp³-hybridized carbons (Fsp3) is 0.467. The van der Waals surface area contributed by atoms with Crippen LogP contribution in [0.5, 0.6) is 5.75 Å². The minimum Gasteiger partial charge on any atom is -0.872 e. The van der Waals surface area contributed by atoms with Crippen molar-refractivity contribution in [1.82, 2.24) is 4.90 Å². The Labute approximate surface area is 137 Å². The van der Waals surface area contributed by atoms with Gasteiger partial charge in [0, 0.05) is 18.7 Å². The van der Waals surface area contributed by atoms with E-state index in [0.717, 1.165) is 31.1 Å². The first-order chi connectivity index (χ1) is 9.23. The van der Waals surface area contributed by atoms with Crippen LogP contribution in [-0.2, 0) is 21.9 Å². The topological polar surface area (TPSA) is 78.8 Å². The average Bonchev–Trinajstić information content (AvgIpc) is 2.29. The van der Waals surface area contributed by atoms with E-state index in [4.69, 9.17) is 9.90 Å². The van der Waals surface area contributed by atoms with E-state index in [1.54, 1.807) is 6.21 Å². The van der Waals surface area contributed by atoms with Gasteiger partial charge in [0.05, 0.1) is 6.54 Å². The monoisotopic (exact) mass is 341 g/mol. The third-order valence-corrected chi connectivity index (χ3v) is 2.35. The van der Waals surface area contributed by atoms with Crippen LogP contribution in [0.4, 0.5) is 0 Å². The number of carbonyl (C=O) groups excluding carboxylic acids is 1. The van der Waals surface area contributed by atoms with Gasteiger partial charge in [-0.25, -0.2) is 0 Å². The Morgan fingerprint density at radius 1 is 1.33 bits per heavy atom. The van der Waals surface area contributed by atoms with Crippen molar-refractivity contribution in [2.45, 2.75) is 20.8 Å². The second-order valence-corrected chi connectivity index (χ2v) is 4.83. The number of nitrogens with zero attached hydrogens (tertiary/aromatic N) is 2. The summed E-state index contributed by atoms with van der Waals surface area (Å²) in [6, 6.07) is 3.79. The molecule has 1 aromatic carbocycles. The molecule has 0 aliphatic rings. The summed E-state index contributed by atoms with van der Waals surface area (Å²) in [5, 5.41) is 20.6. The Kier molecular flexibility index (Phi) is 11.8. The molecule has 0 amide bonds. The van der Waals surface area contributed by atoms with Gasteiger partial charge in [-0.15, -0.1) is 0 Å². The van der Waals surface area contributed by atoms with Crippen LogP contribution in [0.1, 0.15) is 23.6 Å². The van der Waals surface area contributed by atoms with Gasteiger partial charge < -0.3 is 19.9 Å². The van der Waals surface area contributed by atoms with Gasteiger partial charge in [0.25, 0.3) is 0 Å². The molecule has 0 bridgehead atoms. The van der Waals surface area contributed by atoms with Gasteiger partial charge in [-0.3, -0.25) is 4.99 Å². The van der Waals surface area contributed by atoms with Crippen molar-refractivity contribution in [2.75, 3.05) is 27.2 Å². The molecule has 0 N–H and O–H groups in total. The minimum atomic E-state index is -1.08. The van der Waals surface area contributed by atoms with Crippen LogP contribution in [0, 0.1) is 13.8 Å². The SMILES string of the molecule is CC(=O)[O-].Cc1cc(C)c([O-])c(C=NCCN(C)C)c1.[Cu+2]. The molecule has 0 aromatic heterocycles. The number of carbonyl (C=O) groups is 1. The van der Waals surface area contributed by atoms with Gasteiger partial charge >= 0.3 is 17.1 Å². The molecule has 0 atom stereocenters. The second kappa shape index (κ2) is 11.3. The quantitative estimate of drug-likeness (QED) is 0.575. The van der Waals surface area contributed by atoms with Crippen LogP contribution < -0.4 is 10.2 Å². The first-order valence-electron chi connectivity index (χ1n) is 6.34. The smallest absolute Gasteiger partial charge is 0.872 e. The van der Waals surface area contributed by atoms with Gasteiger partial charge in [0.1, 0.15) is 0 Å². The maximum Gasteiger partial charge on any atom is 2.00 e. The minimum absolute atomic E-state index is 0. The summed E-state index contributed by atoms with van der Waals surface area (Å²) in [6.07, 6.45) is 1.69. The Bertz CT molecular complexity index is 470. The molecule has 5 nitrogen and oxygen atoms in total. The Morgan fingerprint density at radius 2 is 1.86 bits per heavy atom. The van der Waals surface area contributed by atoms with Crippen molar-refractivity contribution in [3.8, 4) is 5.75 Å². The molecule has 0 fully saturated rings. The van der Waals surface area contributed by atoms with Gasteiger partial charge in [-0.1, -0.05) is 29.0 Å². The molecule has 21 heavy (non-hydrogen) atoms. The first-order valence-corrected chi connectivity index (χ1v) is 6.34. The molecule has 0 aliphatic heterocycles. The number of hydrogen-bond donors (Lipinski definition) is 0. The van der Waals surface area contributed by atoms with Crippen molar-refractivity contribution in [2.24, 2.45) is 4.99 Å². The molecule has 0 unspecified atom stereocenters. The number of benzene rings is 1. The molecule has 1 radical (unpaired) electrons. The van der Waals surface area contributed by atoms with E-state index in [1.807, 2.05) is 40.1 Å². The van der Waals surface area contributed by atoms with Crippen LogP contribution in [-0.4, -0.2) is 44.3 Å². The predicted molar refractivity (Wildman–Crippen MR) is 77.1 cm³/mol. The number of aliphatic carboxylic acids is 1. The fourth-order valence-electron chi connectivity index (χ4n) is 1.50. The van der Waals surface area contributed by atoms with E-state index >= 15 is 0 Å². The van der Waals surface area contributed by atoms with Crippen molar-refractivity contribution in [3.05, 3.63) is 28.8 Å². The van der Waals surface area contributed by atoms with Crippen LogP contribution in [0.15, 0.2) is 17.1 Å². The standard InChI is InChI=1S/C13H20N2O.C2H4O2.Cu/c1-10-7-11(2)13(16)12(8-10)9-14-5-6-15(3)4;1-2(3)4;/h7-9,16H,5-6H2,1-4H3;1H3,(H,3,4);/q;;+2/p-2. The first kappa shape index (κ1) is 21.9. The number of carboxylic acids is 1. The van der Waals surface area contributed by atoms with E-state index in [9.17, 15) is 5.11 Å². The van der Waals surface area contributed by atoms with Crippen LogP contribution in [0.3, 0.4) is 0 Å². The molecule has 1 aromatic rings. The Balaban J connectivity index is 0. The van der Waals surface area contributed by atoms with Crippen molar-refractivity contribution < 1.29 is 32.1 Å². The Hall–Kier alpha value is -1.36. The molecule has 0 aliphatic carbocycles. The number of carboxylic acid groups (broad SMARTS) is 1. The molecular formula is C15H22CuN2O3. The van der Waals surface area contributed by atoms with Crippen LogP contribution in [0.2, 0.25) is 0 Å². The molecule has 121 valence electrons. The summed E-state index contributed by atoms with van der Waals surface area (Å²) >= 11 is 0. The van der Waals surface area contributed by atoms with Gasteiger partial charge in [-0.2, -0.15) is 0 Å². The van der Waals surface area contributed by atoms with Crippen molar-refractivity contribution in [1.29, 1.82) is 0 Å². The third-order valence-electron chi connectivity index (χ3n) is 2.35. The molecule has 1 rings (SSSR count). The zero-order valence-corrected chi connectivity index (χ0v) is 14.0. The van der Waals surface area contributed by atoms with Gasteiger partial charge in [0.2, 0.25) is 0 Å². The maximum atomic E-state index is 11.7. The van der Waals surface area contributed by atoms with Gasteiger partial charge in [-0.05, 0) is 40.4 Å². The number of aryl methyl sites for hydroxylation is 2. The average molecular weight is 342 g/mol. The van der Waals surface area contributed by atoms with E-state index in [0.29, 0.717) is 5.56 Å². The summed E-state index contributed by atoms with van der Waals surface area (Å²) in [7, 11) is 4.01. The maximum absolute atomic E-state index is 11.7. The number of hydrogen-bond acceptors (Lipinski definition) is 5. The molecular weight excluding hydrogens is 320 g/mol. The number of rotatable bonds is 4. The Morgan fingerprint density at radius 3 is 2.33 bits per heavy atom. The van der Waals surface area contributed by atoms with Crippen molar-refractivity contribution in [3.63, 3.8) is 0 Å². The third kappa shape index (κ3) is 11.0. The molecule has 0 saturated heterocycles. The van der Waals surface area contributed by atoms with E-state index < -0.39 is 5.97 Å². The predicted octanol–water partition coefficient (Wildman–Crippen LogP) is 0.111. The largest absolute Gasteiger partial charge is 2.00 e. The summed E-state index contributed by atoms with van der Waals surface area (Å²) in [6.45, 7) is 6.42. The second-order valence-electron chi connectivity index (χ2n) is 4.83. The zero-order valence-electron chi connectivity index (χ0n) is 13.1. The zero-order chi connectivity index (χ0) is 15.7. The summed E-state index contributed by atoms with van der Waals surface area (Å²) in [5.74, 6) is -1.00. The number of aliphatic imine (C=N–C) groups is 1. The van der Waals surface area contributed by atoms with Crippen LogP contribution >= 0.6 is 0 Å². The summed E-state index contributed by atoms with van der Waals surface area (Å²) in [5.41, 5.74) is 2.58. The molecule has 0 saturated carbocycles. The van der Waals surface area contributed by atoms with Crippen LogP contribution in [0.25, 0.3) is 0 Å².